The average molecular weight is 1900 g/mol. The van der Waals surface area contributed by atoms with Crippen LogP contribution in [0.3, 0.4) is 0 Å². The van der Waals surface area contributed by atoms with Crippen molar-refractivity contribution in [1.29, 1.82) is 0 Å². The first-order valence-electron chi connectivity index (χ1n) is 50.7. The van der Waals surface area contributed by atoms with Crippen LogP contribution < -0.4 is 28.7 Å². The first-order chi connectivity index (χ1) is 68.7. The highest BCUT2D eigenvalue weighted by molar-refractivity contribution is 6.50. The maximum absolute atomic E-state index is 16.5. The molecule has 2 aliphatic heterocycles. The minimum absolute atomic E-state index is 0.159. The van der Waals surface area contributed by atoms with Gasteiger partial charge in [0.15, 0.2) is 0 Å². The van der Waals surface area contributed by atoms with Crippen LogP contribution in [-0.4, -0.2) is 70.5 Å². The van der Waals surface area contributed by atoms with Gasteiger partial charge in [-0.3, -0.25) is 19.2 Å². The molecule has 0 aliphatic carbocycles. The van der Waals surface area contributed by atoms with E-state index < -0.39 is 35.5 Å². The second-order valence-corrected chi connectivity index (χ2v) is 45.8. The number of anilines is 2. The Morgan fingerprint density at radius 2 is 0.431 bits per heavy atom. The van der Waals surface area contributed by atoms with Crippen LogP contribution in [0, 0.1) is 0 Å². The molecule has 0 bridgehead atoms. The Bertz CT molecular complexity index is 8040. The minimum Gasteiger partial charge on any atom is -0.457 e. The number of hydrogen-bond acceptors (Lipinski definition) is 12. The first-order valence-corrected chi connectivity index (χ1v) is 50.7. The number of rotatable bonds is 20. The average Bonchev–Trinajstić information content (AvgIpc) is 0.941. The van der Waals surface area contributed by atoms with Crippen molar-refractivity contribution >= 4 is 186 Å². The van der Waals surface area contributed by atoms with Gasteiger partial charge in [0.2, 0.25) is 0 Å². The summed E-state index contributed by atoms with van der Waals surface area (Å²) in [6, 6.07) is 84.0. The highest BCUT2D eigenvalue weighted by Gasteiger charge is 2.45. The Morgan fingerprint density at radius 3 is 0.625 bits per heavy atom. The molecule has 0 saturated heterocycles. The topological polar surface area (TPSA) is 193 Å². The number of carbonyl (C=O) groups is 4. The molecule has 4 N–H and O–H groups in total. The fourth-order valence-electron chi connectivity index (χ4n) is 23.4. The molecule has 2 aliphatic rings. The zero-order chi connectivity index (χ0) is 101. The van der Waals surface area contributed by atoms with Crippen LogP contribution in [0.25, 0.3) is 151 Å². The lowest BCUT2D eigenvalue weighted by Gasteiger charge is -2.34. The number of aliphatic hydroxyl groups is 4. The molecule has 2 heterocycles. The summed E-state index contributed by atoms with van der Waals surface area (Å²) in [5, 5.41) is 68.1. The van der Waals surface area contributed by atoms with Crippen molar-refractivity contribution in [2.75, 3.05) is 36.2 Å². The molecule has 21 aromatic rings. The van der Waals surface area contributed by atoms with Crippen molar-refractivity contribution in [2.45, 2.75) is 196 Å². The molecule has 0 radical (unpaired) electrons. The normalized spacial score (nSPS) is 13.8. The van der Waals surface area contributed by atoms with Crippen LogP contribution in [0.15, 0.2) is 243 Å². The summed E-state index contributed by atoms with van der Waals surface area (Å²) in [6.45, 7) is 41.4. The van der Waals surface area contributed by atoms with Crippen molar-refractivity contribution in [2.24, 2.45) is 0 Å². The van der Waals surface area contributed by atoms with Gasteiger partial charge in [0, 0.05) is 54.9 Å². The van der Waals surface area contributed by atoms with Gasteiger partial charge in [-0.2, -0.15) is 0 Å². The number of fused-ring (bicyclic) bond motifs is 12. The van der Waals surface area contributed by atoms with Gasteiger partial charge in [-0.05, 0) is 306 Å². The highest BCUT2D eigenvalue weighted by atomic mass is 16.5. The maximum Gasteiger partial charge on any atom is 0.266 e. The summed E-state index contributed by atoms with van der Waals surface area (Å²) in [6.07, 6.45) is 0. The van der Waals surface area contributed by atoms with E-state index in [1.165, 1.54) is 9.80 Å². The van der Waals surface area contributed by atoms with Crippen molar-refractivity contribution < 1.29 is 58.6 Å². The number of imide groups is 2. The van der Waals surface area contributed by atoms with E-state index in [-0.39, 0.29) is 71.8 Å². The fourth-order valence-corrected chi connectivity index (χ4v) is 23.4. The Kier molecular flexibility index (Phi) is 21.6. The second-order valence-electron chi connectivity index (χ2n) is 45.8. The van der Waals surface area contributed by atoms with Crippen LogP contribution in [0.2, 0.25) is 0 Å². The minimum atomic E-state index is -0.585. The van der Waals surface area contributed by atoms with Crippen LogP contribution in [0.5, 0.6) is 46.0 Å². The first kappa shape index (κ1) is 93.0. The Hall–Kier alpha value is -14.6. The standard InChI is InChI=1S/C130H118N2O12/c1-65(2)93-53-73(75(61-133)62-134)54-94(66(3)4)121(93)131-123(137)101-57-105(141-81-33-25-77(26-34-81)127(9,10)11)115-89-45-41-85-97-49-69-21-23-71-51-99-87-43-47-91-112-92(48-44-88(110(87)112)100(99)52-72(71)24-22-70(69)50-98(97)86-42-46-90(111(89)109(85)86)116-106(58-102(124(131)138)113(101)119(115)116)142-82-35-27-78(28-36-82)128(12,13)14)118-108(144-84-39-31-80(32-40-84)130(18,19)20)60-104-114-103(59-107(117(91)120(114)118)143-83-37-29-79(30-38-83)129(15,16)17)125(139)132(126(104)140)122-95(67(5)6)55-74(76(63-135)64-136)56-96(122)68(7)8/h21-60,65-68,75-76,133-136H,61-64H2,1-20H3. The smallest absolute Gasteiger partial charge is 0.266 e. The summed E-state index contributed by atoms with van der Waals surface area (Å²) >= 11 is 0. The quantitative estimate of drug-likeness (QED) is 0.0321. The van der Waals surface area contributed by atoms with Crippen LogP contribution >= 0.6 is 0 Å². The van der Waals surface area contributed by atoms with Crippen LogP contribution in [0.4, 0.5) is 11.4 Å². The van der Waals surface area contributed by atoms with E-state index in [4.69, 9.17) is 18.9 Å². The molecule has 0 spiro atoms. The van der Waals surface area contributed by atoms with Crippen LogP contribution in [-0.2, 0) is 21.7 Å². The molecule has 720 valence electrons. The number of ether oxygens (including phenoxy) is 4. The number of nitrogens with zero attached hydrogens (tertiary/aromatic N) is 2. The maximum atomic E-state index is 16.5. The summed E-state index contributed by atoms with van der Waals surface area (Å²) in [7, 11) is 0. The van der Waals surface area contributed by atoms with Gasteiger partial charge in [0.25, 0.3) is 23.6 Å². The van der Waals surface area contributed by atoms with Crippen molar-refractivity contribution in [3.63, 3.8) is 0 Å². The third-order valence-corrected chi connectivity index (χ3v) is 31.2. The fraction of sp³-hybridized carbons (Fsp3) is 0.262. The number of hydrogen-bond donors (Lipinski definition) is 4. The summed E-state index contributed by atoms with van der Waals surface area (Å²) in [4.78, 5) is 68.9. The van der Waals surface area contributed by atoms with Gasteiger partial charge < -0.3 is 39.4 Å². The van der Waals surface area contributed by atoms with E-state index >= 15 is 19.2 Å². The lowest BCUT2D eigenvalue weighted by Crippen LogP contribution is -2.42. The third-order valence-electron chi connectivity index (χ3n) is 31.2. The van der Waals surface area contributed by atoms with E-state index in [1.54, 1.807) is 0 Å². The Balaban J connectivity index is 0.729. The van der Waals surface area contributed by atoms with Crippen molar-refractivity contribution in [3.8, 4) is 46.0 Å². The molecule has 14 nitrogen and oxygen atoms in total. The number of amides is 4. The lowest BCUT2D eigenvalue weighted by molar-refractivity contribution is 0.0877. The summed E-state index contributed by atoms with van der Waals surface area (Å²) < 4.78 is 29.6. The molecule has 144 heavy (non-hydrogen) atoms. The van der Waals surface area contributed by atoms with Gasteiger partial charge in [-0.1, -0.05) is 284 Å². The molecule has 4 amide bonds. The Morgan fingerprint density at radius 1 is 0.229 bits per heavy atom. The lowest BCUT2D eigenvalue weighted by atomic mass is 9.82. The van der Waals surface area contributed by atoms with Gasteiger partial charge in [-0.15, -0.1) is 0 Å². The molecule has 21 aromatic carbocycles. The van der Waals surface area contributed by atoms with Crippen LogP contribution in [0.1, 0.15) is 271 Å². The summed E-state index contributed by atoms with van der Waals surface area (Å²) in [5.41, 5.74) is 10.4. The largest absolute Gasteiger partial charge is 0.457 e. The van der Waals surface area contributed by atoms with E-state index in [2.05, 4.69) is 229 Å². The second kappa shape index (κ2) is 33.5. The number of aliphatic hydroxyl groups excluding tert-OH is 4. The zero-order valence-electron chi connectivity index (χ0n) is 85.3. The molecule has 0 fully saturated rings. The van der Waals surface area contributed by atoms with Gasteiger partial charge in [0.1, 0.15) is 46.0 Å². The summed E-state index contributed by atoms with van der Waals surface area (Å²) in [5.74, 6) is 0.0425. The molecule has 23 rings (SSSR count). The predicted octanol–water partition coefficient (Wildman–Crippen LogP) is 32.7. The van der Waals surface area contributed by atoms with E-state index in [9.17, 15) is 20.4 Å². The number of carbonyl (C=O) groups excluding carboxylic acids is 4. The predicted molar refractivity (Wildman–Crippen MR) is 591 cm³/mol. The monoisotopic (exact) mass is 1900 g/mol. The molecule has 14 heteroatoms. The third kappa shape index (κ3) is 14.4. The SMILES string of the molecule is CC(C)c1cc(C(CO)CO)cc(C(C)C)c1N1C(=O)c2cc(Oc3ccc(C(C)(C)C)cc3)c3c4ccc5c6cc7ccc8cc9c(cc8ccc7cc6c6ccc(c7c(Oc8ccc(C(C)(C)C)cc8)cc(c2c37)C1=O)c4c56)c1ccc2c3c(Oc4ccc(C(C)(C)C)cc4)cc4c5c(cc(Oc6ccc(C(C)(C)C)cc6)c(c6ccc9c1c62)c53)C(=O)N(c1c(C(C)C)cc(C(CO)CO)cc1C(C)C)C4=O. The van der Waals surface area contributed by atoms with Crippen molar-refractivity contribution in [1.82, 2.24) is 0 Å². The Labute approximate surface area is 837 Å². The molecular formula is C130H118N2O12. The van der Waals surface area contributed by atoms with E-state index in [0.29, 0.717) is 101 Å². The van der Waals surface area contributed by atoms with E-state index in [0.717, 1.165) is 185 Å². The molecule has 0 unspecified atom stereocenters. The van der Waals surface area contributed by atoms with Gasteiger partial charge in [0.05, 0.1) is 60.1 Å². The zero-order valence-corrected chi connectivity index (χ0v) is 85.3. The number of benzene rings is 18. The van der Waals surface area contributed by atoms with Crippen molar-refractivity contribution in [3.05, 3.63) is 321 Å². The van der Waals surface area contributed by atoms with Gasteiger partial charge >= 0.3 is 0 Å². The van der Waals surface area contributed by atoms with E-state index in [1.807, 2.05) is 152 Å². The van der Waals surface area contributed by atoms with Gasteiger partial charge in [-0.25, -0.2) is 9.80 Å². The molecule has 0 aromatic heterocycles. The molecule has 0 saturated carbocycles. The highest BCUT2D eigenvalue weighted by Crippen LogP contribution is 2.60. The molecule has 0 atom stereocenters. The molecular weight excluding hydrogens is 1780 g/mol.